The fraction of sp³-hybridized carbons (Fsp3) is 0.417. The maximum Gasteiger partial charge on any atom is 0.129 e. The minimum Gasteiger partial charge on any atom is -0.508 e. The maximum atomic E-state index is 10.7. The van der Waals surface area contributed by atoms with Crippen molar-refractivity contribution in [3.63, 3.8) is 0 Å². The van der Waals surface area contributed by atoms with Crippen LogP contribution in [0.1, 0.15) is 30.9 Å². The van der Waals surface area contributed by atoms with Crippen LogP contribution in [0.5, 0.6) is 5.75 Å². The SMILES string of the molecule is CC(=O)CCCc1c(C)cccc1O. The number of Topliss-reactive ketones (excluding diaryl/α,β-unsaturated/α-hetero) is 1. The number of ketones is 1. The molecule has 0 amide bonds. The molecule has 0 heterocycles. The Morgan fingerprint density at radius 2 is 2.14 bits per heavy atom. The first-order chi connectivity index (χ1) is 6.61. The third-order valence-corrected chi connectivity index (χ3v) is 2.34. The van der Waals surface area contributed by atoms with E-state index in [4.69, 9.17) is 0 Å². The van der Waals surface area contributed by atoms with Crippen molar-refractivity contribution >= 4 is 5.78 Å². The van der Waals surface area contributed by atoms with Gasteiger partial charge in [-0.15, -0.1) is 0 Å². The molecule has 0 atom stereocenters. The van der Waals surface area contributed by atoms with Crippen molar-refractivity contribution in [2.45, 2.75) is 33.1 Å². The molecule has 0 bridgehead atoms. The fourth-order valence-corrected chi connectivity index (χ4v) is 1.53. The Labute approximate surface area is 84.6 Å². The van der Waals surface area contributed by atoms with Gasteiger partial charge in [0.15, 0.2) is 0 Å². The summed E-state index contributed by atoms with van der Waals surface area (Å²) in [5, 5.41) is 9.57. The summed E-state index contributed by atoms with van der Waals surface area (Å²) in [4.78, 5) is 10.7. The van der Waals surface area contributed by atoms with Crippen LogP contribution in [0, 0.1) is 6.92 Å². The zero-order valence-electron chi connectivity index (χ0n) is 8.71. The Hall–Kier alpha value is -1.31. The Morgan fingerprint density at radius 1 is 1.43 bits per heavy atom. The highest BCUT2D eigenvalue weighted by Crippen LogP contribution is 2.22. The normalized spacial score (nSPS) is 10.1. The second kappa shape index (κ2) is 4.80. The number of aryl methyl sites for hydroxylation is 1. The van der Waals surface area contributed by atoms with Crippen molar-refractivity contribution < 1.29 is 9.90 Å². The molecule has 1 aromatic carbocycles. The Balaban J connectivity index is 2.62. The number of phenols is 1. The topological polar surface area (TPSA) is 37.3 Å². The molecule has 0 spiro atoms. The molecule has 1 rings (SSSR count). The van der Waals surface area contributed by atoms with E-state index in [-0.39, 0.29) is 5.78 Å². The summed E-state index contributed by atoms with van der Waals surface area (Å²) in [6, 6.07) is 5.50. The smallest absolute Gasteiger partial charge is 0.129 e. The van der Waals surface area contributed by atoms with E-state index >= 15 is 0 Å². The van der Waals surface area contributed by atoms with Gasteiger partial charge in [0.2, 0.25) is 0 Å². The second-order valence-electron chi connectivity index (χ2n) is 3.63. The van der Waals surface area contributed by atoms with E-state index in [2.05, 4.69) is 0 Å². The van der Waals surface area contributed by atoms with Crippen LogP contribution in [-0.4, -0.2) is 10.9 Å². The molecule has 0 aliphatic carbocycles. The molecule has 2 heteroatoms. The van der Waals surface area contributed by atoms with Crippen LogP contribution < -0.4 is 0 Å². The number of hydrogen-bond acceptors (Lipinski definition) is 2. The van der Waals surface area contributed by atoms with Crippen LogP contribution >= 0.6 is 0 Å². The van der Waals surface area contributed by atoms with Crippen molar-refractivity contribution in [1.29, 1.82) is 0 Å². The first-order valence-electron chi connectivity index (χ1n) is 4.88. The molecule has 0 aromatic heterocycles. The highest BCUT2D eigenvalue weighted by Gasteiger charge is 2.04. The first kappa shape index (κ1) is 10.8. The minimum absolute atomic E-state index is 0.207. The van der Waals surface area contributed by atoms with Gasteiger partial charge in [0.25, 0.3) is 0 Å². The van der Waals surface area contributed by atoms with E-state index < -0.39 is 0 Å². The first-order valence-corrected chi connectivity index (χ1v) is 4.88. The lowest BCUT2D eigenvalue weighted by Gasteiger charge is -2.06. The summed E-state index contributed by atoms with van der Waals surface area (Å²) >= 11 is 0. The summed E-state index contributed by atoms with van der Waals surface area (Å²) in [6.07, 6.45) is 2.18. The van der Waals surface area contributed by atoms with Crippen molar-refractivity contribution in [2.75, 3.05) is 0 Å². The predicted octanol–water partition coefficient (Wildman–Crippen LogP) is 2.61. The summed E-state index contributed by atoms with van der Waals surface area (Å²) in [5.41, 5.74) is 2.06. The van der Waals surface area contributed by atoms with Crippen molar-refractivity contribution in [3.05, 3.63) is 29.3 Å². The number of hydrogen-bond donors (Lipinski definition) is 1. The molecule has 2 nitrogen and oxygen atoms in total. The molecular weight excluding hydrogens is 176 g/mol. The van der Waals surface area contributed by atoms with Gasteiger partial charge in [0.05, 0.1) is 0 Å². The molecule has 0 aliphatic heterocycles. The number of aromatic hydroxyl groups is 1. The Kier molecular flexibility index (Phi) is 3.69. The van der Waals surface area contributed by atoms with Crippen LogP contribution in [0.2, 0.25) is 0 Å². The molecule has 1 aromatic rings. The lowest BCUT2D eigenvalue weighted by Crippen LogP contribution is -1.94. The van der Waals surface area contributed by atoms with Gasteiger partial charge in [-0.25, -0.2) is 0 Å². The lowest BCUT2D eigenvalue weighted by molar-refractivity contribution is -0.117. The standard InChI is InChI=1S/C12H16O2/c1-9-5-3-8-12(14)11(9)7-4-6-10(2)13/h3,5,8,14H,4,6-7H2,1-2H3. The van der Waals surface area contributed by atoms with Gasteiger partial charge in [0.1, 0.15) is 11.5 Å². The summed E-state index contributed by atoms with van der Waals surface area (Å²) in [6.45, 7) is 3.57. The van der Waals surface area contributed by atoms with Gasteiger partial charge < -0.3 is 9.90 Å². The minimum atomic E-state index is 0.207. The molecule has 0 radical (unpaired) electrons. The summed E-state index contributed by atoms with van der Waals surface area (Å²) < 4.78 is 0. The van der Waals surface area contributed by atoms with Gasteiger partial charge in [-0.3, -0.25) is 0 Å². The van der Waals surface area contributed by atoms with Crippen LogP contribution in [-0.2, 0) is 11.2 Å². The van der Waals surface area contributed by atoms with Gasteiger partial charge in [0, 0.05) is 6.42 Å². The molecule has 0 aliphatic rings. The monoisotopic (exact) mass is 192 g/mol. The molecule has 0 fully saturated rings. The number of phenolic OH excluding ortho intramolecular Hbond substituents is 1. The van der Waals surface area contributed by atoms with Crippen LogP contribution in [0.25, 0.3) is 0 Å². The maximum absolute atomic E-state index is 10.7. The van der Waals surface area contributed by atoms with E-state index in [1.807, 2.05) is 19.1 Å². The third-order valence-electron chi connectivity index (χ3n) is 2.34. The number of benzene rings is 1. The molecule has 0 unspecified atom stereocenters. The van der Waals surface area contributed by atoms with Crippen molar-refractivity contribution in [1.82, 2.24) is 0 Å². The van der Waals surface area contributed by atoms with E-state index in [1.54, 1.807) is 13.0 Å². The number of rotatable bonds is 4. The number of carbonyl (C=O) groups excluding carboxylic acids is 1. The Bertz CT molecular complexity index is 309. The van der Waals surface area contributed by atoms with E-state index in [0.29, 0.717) is 12.2 Å². The lowest BCUT2D eigenvalue weighted by atomic mass is 10.0. The van der Waals surface area contributed by atoms with Crippen LogP contribution in [0.15, 0.2) is 18.2 Å². The van der Waals surface area contributed by atoms with E-state index in [0.717, 1.165) is 24.0 Å². The van der Waals surface area contributed by atoms with E-state index in [9.17, 15) is 9.90 Å². The quantitative estimate of drug-likeness (QED) is 0.796. The predicted molar refractivity (Wildman–Crippen MR) is 56.5 cm³/mol. The average Bonchev–Trinajstić information content (AvgIpc) is 2.09. The van der Waals surface area contributed by atoms with Gasteiger partial charge >= 0.3 is 0 Å². The molecular formula is C12H16O2. The van der Waals surface area contributed by atoms with Gasteiger partial charge in [-0.05, 0) is 43.9 Å². The molecule has 76 valence electrons. The van der Waals surface area contributed by atoms with Crippen molar-refractivity contribution in [3.8, 4) is 5.75 Å². The zero-order chi connectivity index (χ0) is 10.6. The van der Waals surface area contributed by atoms with Crippen molar-refractivity contribution in [2.24, 2.45) is 0 Å². The molecule has 14 heavy (non-hydrogen) atoms. The fourth-order valence-electron chi connectivity index (χ4n) is 1.53. The van der Waals surface area contributed by atoms with Gasteiger partial charge in [-0.2, -0.15) is 0 Å². The highest BCUT2D eigenvalue weighted by molar-refractivity contribution is 5.75. The average molecular weight is 192 g/mol. The zero-order valence-corrected chi connectivity index (χ0v) is 8.71. The van der Waals surface area contributed by atoms with Crippen LogP contribution in [0.3, 0.4) is 0 Å². The highest BCUT2D eigenvalue weighted by atomic mass is 16.3. The largest absolute Gasteiger partial charge is 0.508 e. The van der Waals surface area contributed by atoms with E-state index in [1.165, 1.54) is 0 Å². The van der Waals surface area contributed by atoms with Gasteiger partial charge in [-0.1, -0.05) is 12.1 Å². The van der Waals surface area contributed by atoms with Crippen LogP contribution in [0.4, 0.5) is 0 Å². The number of carbonyl (C=O) groups is 1. The second-order valence-corrected chi connectivity index (χ2v) is 3.63. The molecule has 0 saturated carbocycles. The third kappa shape index (κ3) is 2.87. The Morgan fingerprint density at radius 3 is 2.71 bits per heavy atom. The molecule has 0 saturated heterocycles. The summed E-state index contributed by atoms with van der Waals surface area (Å²) in [7, 11) is 0. The summed E-state index contributed by atoms with van der Waals surface area (Å²) in [5.74, 6) is 0.548. The molecule has 1 N–H and O–H groups in total.